The third-order valence-electron chi connectivity index (χ3n) is 5.72. The van der Waals surface area contributed by atoms with E-state index in [1.807, 2.05) is 72.8 Å². The van der Waals surface area contributed by atoms with E-state index >= 15 is 0 Å². The van der Waals surface area contributed by atoms with Gasteiger partial charge in [0.25, 0.3) is 0 Å². The van der Waals surface area contributed by atoms with E-state index in [9.17, 15) is 9.59 Å². The Labute approximate surface area is 217 Å². The van der Waals surface area contributed by atoms with Crippen LogP contribution in [0.5, 0.6) is 5.75 Å². The van der Waals surface area contributed by atoms with Crippen molar-refractivity contribution in [2.24, 2.45) is 0 Å². The molecule has 36 heavy (non-hydrogen) atoms. The largest absolute Gasteiger partial charge is 0.497 e. The highest BCUT2D eigenvalue weighted by Crippen LogP contribution is 2.31. The highest BCUT2D eigenvalue weighted by atomic mass is 32.2. The fourth-order valence-corrected chi connectivity index (χ4v) is 4.66. The molecule has 0 heterocycles. The van der Waals surface area contributed by atoms with Gasteiger partial charge in [-0.2, -0.15) is 0 Å². The molecule has 2 amide bonds. The molecule has 2 N–H and O–H groups in total. The Morgan fingerprint density at radius 3 is 2.31 bits per heavy atom. The maximum atomic E-state index is 13.3. The van der Waals surface area contributed by atoms with Crippen LogP contribution in [0.2, 0.25) is 0 Å². The van der Waals surface area contributed by atoms with Crippen molar-refractivity contribution in [3.8, 4) is 5.75 Å². The average Bonchev–Trinajstić information content (AvgIpc) is 2.87. The molecule has 3 aromatic rings. The van der Waals surface area contributed by atoms with Crippen LogP contribution in [0.1, 0.15) is 44.6 Å². The van der Waals surface area contributed by atoms with Gasteiger partial charge in [-0.1, -0.05) is 62.6 Å². The lowest BCUT2D eigenvalue weighted by Crippen LogP contribution is -2.35. The second kappa shape index (κ2) is 14.2. The number of benzene rings is 3. The number of unbranched alkanes of at least 4 members (excludes halogenated alkanes) is 4. The van der Waals surface area contributed by atoms with Crippen LogP contribution in [0.3, 0.4) is 0 Å². The van der Waals surface area contributed by atoms with Crippen molar-refractivity contribution >= 4 is 35.1 Å². The number of rotatable bonds is 13. The van der Waals surface area contributed by atoms with E-state index in [2.05, 4.69) is 12.2 Å². The highest BCUT2D eigenvalue weighted by Gasteiger charge is 2.16. The molecule has 190 valence electrons. The minimum absolute atomic E-state index is 0.0109. The molecule has 7 heteroatoms. The van der Waals surface area contributed by atoms with Gasteiger partial charge in [0, 0.05) is 27.7 Å². The molecule has 0 aliphatic carbocycles. The van der Waals surface area contributed by atoms with E-state index in [1.165, 1.54) is 12.8 Å². The SMILES string of the molecule is CCCCCCCN(C(=O)Nc1ccc(OC)cc1)c1cccc(Sc2ccc(CC(=O)O)cc2)c1. The van der Waals surface area contributed by atoms with Gasteiger partial charge in [-0.3, -0.25) is 9.69 Å². The molecule has 0 aliphatic heterocycles. The van der Waals surface area contributed by atoms with Gasteiger partial charge < -0.3 is 15.2 Å². The first-order chi connectivity index (χ1) is 17.5. The van der Waals surface area contributed by atoms with Crippen molar-refractivity contribution < 1.29 is 19.4 Å². The topological polar surface area (TPSA) is 78.9 Å². The first-order valence-corrected chi connectivity index (χ1v) is 13.1. The molecule has 6 nitrogen and oxygen atoms in total. The van der Waals surface area contributed by atoms with Gasteiger partial charge in [0.1, 0.15) is 5.75 Å². The number of amides is 2. The number of carboxylic acid groups (broad SMARTS) is 1. The molecule has 3 rings (SSSR count). The van der Waals surface area contributed by atoms with Gasteiger partial charge in [0.15, 0.2) is 0 Å². The molecular weight excluding hydrogens is 472 g/mol. The summed E-state index contributed by atoms with van der Waals surface area (Å²) < 4.78 is 5.21. The summed E-state index contributed by atoms with van der Waals surface area (Å²) in [5, 5.41) is 12.0. The fourth-order valence-electron chi connectivity index (χ4n) is 3.79. The highest BCUT2D eigenvalue weighted by molar-refractivity contribution is 7.99. The summed E-state index contributed by atoms with van der Waals surface area (Å²) in [5.74, 6) is -0.104. The number of anilines is 2. The molecule has 0 aliphatic rings. The molecule has 0 saturated carbocycles. The number of aliphatic carboxylic acids is 1. The number of nitrogens with one attached hydrogen (secondary N) is 1. The molecule has 0 atom stereocenters. The van der Waals surface area contributed by atoms with Crippen molar-refractivity contribution in [3.05, 3.63) is 78.4 Å². The number of nitrogens with zero attached hydrogens (tertiary/aromatic N) is 1. The Balaban J connectivity index is 1.74. The molecule has 0 fully saturated rings. The number of ether oxygens (including phenoxy) is 1. The van der Waals surface area contributed by atoms with Crippen molar-refractivity contribution in [3.63, 3.8) is 0 Å². The average molecular weight is 507 g/mol. The Hall–Kier alpha value is -3.45. The quantitative estimate of drug-likeness (QED) is 0.235. The van der Waals surface area contributed by atoms with Gasteiger partial charge in [-0.05, 0) is 66.6 Å². The van der Waals surface area contributed by atoms with Gasteiger partial charge in [0.2, 0.25) is 0 Å². The number of methoxy groups -OCH3 is 1. The zero-order valence-corrected chi connectivity index (χ0v) is 21.7. The number of carbonyl (C=O) groups excluding carboxylic acids is 1. The van der Waals surface area contributed by atoms with Crippen LogP contribution in [-0.2, 0) is 11.2 Å². The lowest BCUT2D eigenvalue weighted by molar-refractivity contribution is -0.136. The van der Waals surface area contributed by atoms with Crippen molar-refractivity contribution in [1.29, 1.82) is 0 Å². The lowest BCUT2D eigenvalue weighted by Gasteiger charge is -2.24. The number of hydrogen-bond donors (Lipinski definition) is 2. The van der Waals surface area contributed by atoms with Crippen LogP contribution in [-0.4, -0.2) is 30.8 Å². The van der Waals surface area contributed by atoms with Crippen molar-refractivity contribution in [2.45, 2.75) is 55.2 Å². The minimum Gasteiger partial charge on any atom is -0.497 e. The van der Waals surface area contributed by atoms with Gasteiger partial charge >= 0.3 is 12.0 Å². The molecular formula is C29H34N2O4S. The summed E-state index contributed by atoms with van der Waals surface area (Å²) in [6.07, 6.45) is 5.57. The Morgan fingerprint density at radius 2 is 1.64 bits per heavy atom. The van der Waals surface area contributed by atoms with Gasteiger partial charge in [-0.15, -0.1) is 0 Å². The van der Waals surface area contributed by atoms with Crippen LogP contribution in [0, 0.1) is 0 Å². The Bertz CT molecular complexity index is 1120. The van der Waals surface area contributed by atoms with Crippen molar-refractivity contribution in [2.75, 3.05) is 23.9 Å². The normalized spacial score (nSPS) is 10.6. The lowest BCUT2D eigenvalue weighted by atomic mass is 10.1. The maximum absolute atomic E-state index is 13.3. The van der Waals surface area contributed by atoms with Crippen LogP contribution in [0.15, 0.2) is 82.6 Å². The zero-order chi connectivity index (χ0) is 25.8. The van der Waals surface area contributed by atoms with E-state index < -0.39 is 5.97 Å². The summed E-state index contributed by atoms with van der Waals surface area (Å²) in [6.45, 7) is 2.82. The summed E-state index contributed by atoms with van der Waals surface area (Å²) in [6, 6.07) is 22.6. The molecule has 0 radical (unpaired) electrons. The summed E-state index contributed by atoms with van der Waals surface area (Å²) in [7, 11) is 1.61. The first kappa shape index (κ1) is 27.1. The van der Waals surface area contributed by atoms with Crippen LogP contribution in [0.4, 0.5) is 16.2 Å². The van der Waals surface area contributed by atoms with E-state index in [0.29, 0.717) is 12.2 Å². The summed E-state index contributed by atoms with van der Waals surface area (Å²) in [4.78, 5) is 28.1. The molecule has 0 saturated heterocycles. The second-order valence-electron chi connectivity index (χ2n) is 8.54. The van der Waals surface area contributed by atoms with Crippen molar-refractivity contribution in [1.82, 2.24) is 0 Å². The number of urea groups is 1. The summed E-state index contributed by atoms with van der Waals surface area (Å²) in [5.41, 5.74) is 2.32. The standard InChI is InChI=1S/C29H34N2O4S/c1-3-4-5-6-7-19-31(29(34)30-23-13-15-25(35-2)16-14-23)24-9-8-10-27(21-24)36-26-17-11-22(12-18-26)20-28(32)33/h8-18,21H,3-7,19-20H2,1-2H3,(H,30,34)(H,32,33). The first-order valence-electron chi connectivity index (χ1n) is 12.3. The molecule has 0 unspecified atom stereocenters. The van der Waals surface area contributed by atoms with Crippen LogP contribution < -0.4 is 15.0 Å². The van der Waals surface area contributed by atoms with Gasteiger partial charge in [-0.25, -0.2) is 4.79 Å². The Morgan fingerprint density at radius 1 is 0.917 bits per heavy atom. The van der Waals surface area contributed by atoms with Crippen LogP contribution in [0.25, 0.3) is 0 Å². The number of hydrogen-bond acceptors (Lipinski definition) is 4. The number of carbonyl (C=O) groups is 2. The molecule has 0 spiro atoms. The van der Waals surface area contributed by atoms with E-state index in [-0.39, 0.29) is 12.5 Å². The zero-order valence-electron chi connectivity index (χ0n) is 20.9. The fraction of sp³-hybridized carbons (Fsp3) is 0.310. The van der Waals surface area contributed by atoms with Gasteiger partial charge in [0.05, 0.1) is 13.5 Å². The summed E-state index contributed by atoms with van der Waals surface area (Å²) >= 11 is 1.58. The van der Waals surface area contributed by atoms with E-state index in [4.69, 9.17) is 9.84 Å². The molecule has 0 bridgehead atoms. The smallest absolute Gasteiger partial charge is 0.326 e. The second-order valence-corrected chi connectivity index (χ2v) is 9.69. The van der Waals surface area contributed by atoms with E-state index in [0.717, 1.165) is 46.1 Å². The predicted octanol–water partition coefficient (Wildman–Crippen LogP) is 7.48. The Kier molecular flexibility index (Phi) is 10.7. The molecule has 0 aromatic heterocycles. The van der Waals surface area contributed by atoms with Crippen LogP contribution >= 0.6 is 11.8 Å². The van der Waals surface area contributed by atoms with E-state index in [1.54, 1.807) is 23.8 Å². The maximum Gasteiger partial charge on any atom is 0.326 e. The predicted molar refractivity (Wildman–Crippen MR) is 146 cm³/mol. The third kappa shape index (κ3) is 8.64. The third-order valence-corrected chi connectivity index (χ3v) is 6.71. The number of carboxylic acids is 1. The molecule has 3 aromatic carbocycles. The minimum atomic E-state index is -0.842. The monoisotopic (exact) mass is 506 g/mol.